The fourth-order valence-electron chi connectivity index (χ4n) is 1.94. The summed E-state index contributed by atoms with van der Waals surface area (Å²) < 4.78 is 5.09. The molecule has 106 valence electrons. The summed E-state index contributed by atoms with van der Waals surface area (Å²) in [5.74, 6) is 2.21. The molecule has 5 heteroatoms. The summed E-state index contributed by atoms with van der Waals surface area (Å²) in [5, 5.41) is 6.42. The van der Waals surface area contributed by atoms with E-state index in [-0.39, 0.29) is 6.04 Å². The highest BCUT2D eigenvalue weighted by Gasteiger charge is 2.08. The lowest BCUT2D eigenvalue weighted by Gasteiger charge is -2.16. The Morgan fingerprint density at radius 1 is 1.15 bits per heavy atom. The Morgan fingerprint density at radius 3 is 2.50 bits per heavy atom. The summed E-state index contributed by atoms with van der Waals surface area (Å²) >= 11 is 0. The second kappa shape index (κ2) is 6.86. The topological polar surface area (TPSA) is 59.1 Å². The van der Waals surface area contributed by atoms with Crippen molar-refractivity contribution in [2.24, 2.45) is 0 Å². The van der Waals surface area contributed by atoms with Crippen LogP contribution in [-0.4, -0.2) is 24.1 Å². The average molecular weight is 272 g/mol. The van der Waals surface area contributed by atoms with Gasteiger partial charge < -0.3 is 15.4 Å². The van der Waals surface area contributed by atoms with Crippen LogP contribution in [0.3, 0.4) is 0 Å². The third-order valence-corrected chi connectivity index (χ3v) is 2.97. The van der Waals surface area contributed by atoms with Crippen LogP contribution >= 0.6 is 0 Å². The highest BCUT2D eigenvalue weighted by Crippen LogP contribution is 2.19. The molecule has 1 aromatic carbocycles. The summed E-state index contributed by atoms with van der Waals surface area (Å²) in [4.78, 5) is 8.78. The Bertz CT molecular complexity index is 545. The molecule has 0 saturated carbocycles. The molecular formula is C15H20N4O. The molecule has 20 heavy (non-hydrogen) atoms. The molecule has 2 aromatic rings. The standard InChI is InChI=1S/C15H20N4O/c1-11(12-7-5-4-6-8-12)17-14-9-13(16-2)18-15(19-14)10-20-3/h4-9,11H,10H2,1-3H3,(H2,16,17,18,19). The number of rotatable bonds is 6. The molecule has 0 aliphatic rings. The number of ether oxygens (including phenoxy) is 1. The van der Waals surface area contributed by atoms with E-state index < -0.39 is 0 Å². The molecule has 0 aliphatic carbocycles. The van der Waals surface area contributed by atoms with Gasteiger partial charge in [0.05, 0.1) is 0 Å². The summed E-state index contributed by atoms with van der Waals surface area (Å²) in [7, 11) is 3.47. The molecule has 1 atom stereocenters. The summed E-state index contributed by atoms with van der Waals surface area (Å²) in [5.41, 5.74) is 1.21. The van der Waals surface area contributed by atoms with Gasteiger partial charge in [0.25, 0.3) is 0 Å². The maximum absolute atomic E-state index is 5.09. The number of aromatic nitrogens is 2. The van der Waals surface area contributed by atoms with Gasteiger partial charge in [0.2, 0.25) is 0 Å². The Kier molecular flexibility index (Phi) is 4.90. The molecule has 1 aromatic heterocycles. The average Bonchev–Trinajstić information content (AvgIpc) is 2.48. The molecule has 0 aliphatic heterocycles. The lowest BCUT2D eigenvalue weighted by molar-refractivity contribution is 0.178. The first-order valence-electron chi connectivity index (χ1n) is 6.59. The summed E-state index contributed by atoms with van der Waals surface area (Å²) in [6.45, 7) is 2.50. The third kappa shape index (κ3) is 3.68. The zero-order chi connectivity index (χ0) is 14.4. The van der Waals surface area contributed by atoms with E-state index in [0.717, 1.165) is 11.6 Å². The van der Waals surface area contributed by atoms with Gasteiger partial charge in [-0.15, -0.1) is 0 Å². The van der Waals surface area contributed by atoms with Crippen molar-refractivity contribution in [2.75, 3.05) is 24.8 Å². The minimum atomic E-state index is 0.172. The zero-order valence-electron chi connectivity index (χ0n) is 12.1. The fraction of sp³-hybridized carbons (Fsp3) is 0.333. The van der Waals surface area contributed by atoms with E-state index in [4.69, 9.17) is 4.74 Å². The zero-order valence-corrected chi connectivity index (χ0v) is 12.1. The quantitative estimate of drug-likeness (QED) is 0.846. The maximum atomic E-state index is 5.09. The molecule has 1 unspecified atom stereocenters. The van der Waals surface area contributed by atoms with E-state index in [2.05, 4.69) is 39.7 Å². The molecule has 2 rings (SSSR count). The number of nitrogens with zero attached hydrogens (tertiary/aromatic N) is 2. The van der Waals surface area contributed by atoms with Crippen molar-refractivity contribution in [1.82, 2.24) is 9.97 Å². The molecule has 2 N–H and O–H groups in total. The number of hydrogen-bond acceptors (Lipinski definition) is 5. The van der Waals surface area contributed by atoms with Gasteiger partial charge >= 0.3 is 0 Å². The van der Waals surface area contributed by atoms with Crippen molar-refractivity contribution in [3.63, 3.8) is 0 Å². The van der Waals surface area contributed by atoms with E-state index in [0.29, 0.717) is 12.4 Å². The number of hydrogen-bond donors (Lipinski definition) is 2. The van der Waals surface area contributed by atoms with Crippen LogP contribution in [0.2, 0.25) is 0 Å². The van der Waals surface area contributed by atoms with Crippen molar-refractivity contribution in [2.45, 2.75) is 19.6 Å². The molecule has 0 bridgehead atoms. The summed E-state index contributed by atoms with van der Waals surface area (Å²) in [6, 6.07) is 12.3. The van der Waals surface area contributed by atoms with Crippen LogP contribution in [-0.2, 0) is 11.3 Å². The molecule has 0 fully saturated rings. The molecule has 0 saturated heterocycles. The van der Waals surface area contributed by atoms with Gasteiger partial charge in [0.1, 0.15) is 18.2 Å². The van der Waals surface area contributed by atoms with Crippen LogP contribution in [0, 0.1) is 0 Å². The normalized spacial score (nSPS) is 11.9. The monoisotopic (exact) mass is 272 g/mol. The first kappa shape index (κ1) is 14.3. The highest BCUT2D eigenvalue weighted by atomic mass is 16.5. The fourth-order valence-corrected chi connectivity index (χ4v) is 1.94. The van der Waals surface area contributed by atoms with E-state index in [1.54, 1.807) is 7.11 Å². The highest BCUT2D eigenvalue weighted by molar-refractivity contribution is 5.48. The van der Waals surface area contributed by atoms with Crippen molar-refractivity contribution < 1.29 is 4.74 Å². The van der Waals surface area contributed by atoms with Crippen LogP contribution < -0.4 is 10.6 Å². The maximum Gasteiger partial charge on any atom is 0.158 e. The molecule has 1 heterocycles. The lowest BCUT2D eigenvalue weighted by Crippen LogP contribution is -2.10. The molecule has 5 nitrogen and oxygen atoms in total. The van der Waals surface area contributed by atoms with Gasteiger partial charge in [-0.25, -0.2) is 9.97 Å². The van der Waals surface area contributed by atoms with Crippen molar-refractivity contribution >= 4 is 11.6 Å². The Balaban J connectivity index is 2.17. The van der Waals surface area contributed by atoms with Gasteiger partial charge in [0, 0.05) is 26.3 Å². The van der Waals surface area contributed by atoms with Gasteiger partial charge in [0.15, 0.2) is 5.82 Å². The van der Waals surface area contributed by atoms with E-state index >= 15 is 0 Å². The molecule has 0 spiro atoms. The van der Waals surface area contributed by atoms with Crippen LogP contribution in [0.15, 0.2) is 36.4 Å². The predicted molar refractivity (Wildman–Crippen MR) is 80.8 cm³/mol. The van der Waals surface area contributed by atoms with Crippen molar-refractivity contribution in [3.05, 3.63) is 47.8 Å². The second-order valence-electron chi connectivity index (χ2n) is 4.51. The van der Waals surface area contributed by atoms with Gasteiger partial charge in [-0.1, -0.05) is 30.3 Å². The number of anilines is 2. The van der Waals surface area contributed by atoms with Crippen LogP contribution in [0.1, 0.15) is 24.4 Å². The minimum absolute atomic E-state index is 0.172. The number of nitrogens with one attached hydrogen (secondary N) is 2. The Labute approximate surface area is 119 Å². The smallest absolute Gasteiger partial charge is 0.158 e. The molecule has 0 radical (unpaired) electrons. The first-order chi connectivity index (χ1) is 9.72. The van der Waals surface area contributed by atoms with Gasteiger partial charge in [-0.2, -0.15) is 0 Å². The molecular weight excluding hydrogens is 252 g/mol. The number of methoxy groups -OCH3 is 1. The SMILES string of the molecule is CNc1cc(NC(C)c2ccccc2)nc(COC)n1. The van der Waals surface area contributed by atoms with Crippen LogP contribution in [0.4, 0.5) is 11.6 Å². The lowest BCUT2D eigenvalue weighted by atomic mass is 10.1. The summed E-state index contributed by atoms with van der Waals surface area (Å²) in [6.07, 6.45) is 0. The second-order valence-corrected chi connectivity index (χ2v) is 4.51. The largest absolute Gasteiger partial charge is 0.377 e. The van der Waals surface area contributed by atoms with Crippen LogP contribution in [0.5, 0.6) is 0 Å². The Morgan fingerprint density at radius 2 is 1.85 bits per heavy atom. The van der Waals surface area contributed by atoms with Crippen molar-refractivity contribution in [1.29, 1.82) is 0 Å². The molecule has 0 amide bonds. The van der Waals surface area contributed by atoms with E-state index in [1.807, 2.05) is 31.3 Å². The van der Waals surface area contributed by atoms with E-state index in [9.17, 15) is 0 Å². The number of benzene rings is 1. The predicted octanol–water partition coefficient (Wildman–Crippen LogP) is 2.84. The first-order valence-corrected chi connectivity index (χ1v) is 6.59. The van der Waals surface area contributed by atoms with Gasteiger partial charge in [-0.05, 0) is 12.5 Å². The van der Waals surface area contributed by atoms with Crippen LogP contribution in [0.25, 0.3) is 0 Å². The Hall–Kier alpha value is -2.14. The minimum Gasteiger partial charge on any atom is -0.377 e. The van der Waals surface area contributed by atoms with Gasteiger partial charge in [-0.3, -0.25) is 0 Å². The third-order valence-electron chi connectivity index (χ3n) is 2.97. The van der Waals surface area contributed by atoms with E-state index in [1.165, 1.54) is 5.56 Å². The van der Waals surface area contributed by atoms with Crippen molar-refractivity contribution in [3.8, 4) is 0 Å².